The van der Waals surface area contributed by atoms with Gasteiger partial charge in [0.15, 0.2) is 5.78 Å². The number of ketones is 1. The maximum Gasteiger partial charge on any atom is 0.183 e. The van der Waals surface area contributed by atoms with E-state index in [-0.39, 0.29) is 12.3 Å². The summed E-state index contributed by atoms with van der Waals surface area (Å²) in [6, 6.07) is 12.9. The fraction of sp³-hybridized carbons (Fsp3) is 0.188. The van der Waals surface area contributed by atoms with Crippen LogP contribution in [0.2, 0.25) is 10.0 Å². The fourth-order valence-electron chi connectivity index (χ4n) is 1.90. The standard InChI is InChI=1S/C16H15Cl2NO/c1-11-3-6-13(7-4-11)19(2)10-16(20)14-9-12(17)5-8-15(14)18/h3-9H,10H2,1-2H3. The molecule has 0 aromatic heterocycles. The van der Waals surface area contributed by atoms with Crippen LogP contribution in [-0.4, -0.2) is 19.4 Å². The lowest BCUT2D eigenvalue weighted by atomic mass is 10.1. The van der Waals surface area contributed by atoms with Crippen molar-refractivity contribution < 1.29 is 4.79 Å². The zero-order valence-electron chi connectivity index (χ0n) is 11.4. The van der Waals surface area contributed by atoms with Crippen LogP contribution in [0.4, 0.5) is 5.69 Å². The molecule has 0 amide bonds. The van der Waals surface area contributed by atoms with E-state index in [9.17, 15) is 4.79 Å². The molecule has 2 rings (SSSR count). The molecule has 0 atom stereocenters. The van der Waals surface area contributed by atoms with Crippen molar-refractivity contribution in [2.45, 2.75) is 6.92 Å². The summed E-state index contributed by atoms with van der Waals surface area (Å²) in [5, 5.41) is 0.937. The summed E-state index contributed by atoms with van der Waals surface area (Å²) < 4.78 is 0. The first-order valence-electron chi connectivity index (χ1n) is 6.23. The Bertz CT molecular complexity index is 623. The van der Waals surface area contributed by atoms with Crippen molar-refractivity contribution >= 4 is 34.7 Å². The summed E-state index contributed by atoms with van der Waals surface area (Å²) in [7, 11) is 1.88. The van der Waals surface area contributed by atoms with Crippen molar-refractivity contribution in [3.8, 4) is 0 Å². The quantitative estimate of drug-likeness (QED) is 0.768. The van der Waals surface area contributed by atoms with E-state index in [0.717, 1.165) is 5.69 Å². The van der Waals surface area contributed by atoms with E-state index >= 15 is 0 Å². The maximum absolute atomic E-state index is 12.3. The summed E-state index contributed by atoms with van der Waals surface area (Å²) in [5.41, 5.74) is 2.63. The molecule has 0 N–H and O–H groups in total. The molecule has 0 bridgehead atoms. The molecule has 2 aromatic rings. The highest BCUT2D eigenvalue weighted by Crippen LogP contribution is 2.22. The highest BCUT2D eigenvalue weighted by atomic mass is 35.5. The van der Waals surface area contributed by atoms with Crippen LogP contribution in [0.1, 0.15) is 15.9 Å². The molecule has 0 aliphatic carbocycles. The third-order valence-corrected chi connectivity index (χ3v) is 3.65. The van der Waals surface area contributed by atoms with Gasteiger partial charge in [0, 0.05) is 23.3 Å². The van der Waals surface area contributed by atoms with Gasteiger partial charge >= 0.3 is 0 Å². The summed E-state index contributed by atoms with van der Waals surface area (Å²) in [6.07, 6.45) is 0. The molecule has 0 aliphatic heterocycles. The van der Waals surface area contributed by atoms with E-state index in [1.807, 2.05) is 43.1 Å². The smallest absolute Gasteiger partial charge is 0.183 e. The molecule has 0 heterocycles. The molecule has 4 heteroatoms. The maximum atomic E-state index is 12.3. The number of nitrogens with zero attached hydrogens (tertiary/aromatic N) is 1. The largest absolute Gasteiger partial charge is 0.367 e. The van der Waals surface area contributed by atoms with E-state index in [0.29, 0.717) is 15.6 Å². The molecule has 2 nitrogen and oxygen atoms in total. The van der Waals surface area contributed by atoms with Crippen LogP contribution in [0.15, 0.2) is 42.5 Å². The molecule has 2 aromatic carbocycles. The number of hydrogen-bond donors (Lipinski definition) is 0. The highest BCUT2D eigenvalue weighted by Gasteiger charge is 2.13. The molecule has 0 aliphatic rings. The normalized spacial score (nSPS) is 10.4. The average molecular weight is 308 g/mol. The number of carbonyl (C=O) groups excluding carboxylic acids is 1. The van der Waals surface area contributed by atoms with Crippen molar-refractivity contribution in [2.75, 3.05) is 18.5 Å². The lowest BCUT2D eigenvalue weighted by Crippen LogP contribution is -2.25. The zero-order valence-corrected chi connectivity index (χ0v) is 12.9. The first kappa shape index (κ1) is 14.9. The zero-order chi connectivity index (χ0) is 14.7. The number of carbonyl (C=O) groups is 1. The molecule has 0 radical (unpaired) electrons. The minimum Gasteiger partial charge on any atom is -0.367 e. The van der Waals surface area contributed by atoms with Gasteiger partial charge in [-0.15, -0.1) is 0 Å². The number of aryl methyl sites for hydroxylation is 1. The van der Waals surface area contributed by atoms with Gasteiger partial charge in [0.1, 0.15) is 0 Å². The Hall–Kier alpha value is -1.51. The summed E-state index contributed by atoms with van der Waals surface area (Å²) >= 11 is 12.0. The van der Waals surface area contributed by atoms with Crippen LogP contribution in [0.3, 0.4) is 0 Å². The van der Waals surface area contributed by atoms with Crippen molar-refractivity contribution in [3.63, 3.8) is 0 Å². The van der Waals surface area contributed by atoms with E-state index in [2.05, 4.69) is 0 Å². The van der Waals surface area contributed by atoms with Crippen LogP contribution in [0.5, 0.6) is 0 Å². The first-order chi connectivity index (χ1) is 9.47. The van der Waals surface area contributed by atoms with E-state index in [1.165, 1.54) is 5.56 Å². The van der Waals surface area contributed by atoms with Gasteiger partial charge in [-0.3, -0.25) is 4.79 Å². The molecule has 0 unspecified atom stereocenters. The minimum absolute atomic E-state index is 0.0550. The van der Waals surface area contributed by atoms with E-state index in [4.69, 9.17) is 23.2 Å². The van der Waals surface area contributed by atoms with Gasteiger partial charge in [0.2, 0.25) is 0 Å². The second-order valence-electron chi connectivity index (χ2n) is 4.74. The third-order valence-electron chi connectivity index (χ3n) is 3.08. The Labute approximate surface area is 128 Å². The van der Waals surface area contributed by atoms with Gasteiger partial charge in [0.05, 0.1) is 11.6 Å². The molecule has 20 heavy (non-hydrogen) atoms. The Morgan fingerprint density at radius 3 is 2.40 bits per heavy atom. The topological polar surface area (TPSA) is 20.3 Å². The summed E-state index contributed by atoms with van der Waals surface area (Å²) in [4.78, 5) is 14.2. The number of Topliss-reactive ketones (excluding diaryl/α,β-unsaturated/α-hetero) is 1. The monoisotopic (exact) mass is 307 g/mol. The van der Waals surface area contributed by atoms with Crippen LogP contribution >= 0.6 is 23.2 Å². The molecule has 104 valence electrons. The predicted molar refractivity (Wildman–Crippen MR) is 85.2 cm³/mol. The molecule has 0 saturated carbocycles. The number of benzene rings is 2. The van der Waals surface area contributed by atoms with Crippen LogP contribution < -0.4 is 4.90 Å². The third kappa shape index (κ3) is 3.53. The second-order valence-corrected chi connectivity index (χ2v) is 5.58. The Balaban J connectivity index is 2.15. The highest BCUT2D eigenvalue weighted by molar-refractivity contribution is 6.36. The Morgan fingerprint density at radius 2 is 1.75 bits per heavy atom. The number of hydrogen-bond acceptors (Lipinski definition) is 2. The van der Waals surface area contributed by atoms with Gasteiger partial charge < -0.3 is 4.90 Å². The average Bonchev–Trinajstić information content (AvgIpc) is 2.42. The molecular formula is C16H15Cl2NO. The second kappa shape index (κ2) is 6.29. The van der Waals surface area contributed by atoms with Crippen molar-refractivity contribution in [2.24, 2.45) is 0 Å². The predicted octanol–water partition coefficient (Wildman–Crippen LogP) is 4.62. The lowest BCUT2D eigenvalue weighted by Gasteiger charge is -2.19. The lowest BCUT2D eigenvalue weighted by molar-refractivity contribution is 0.100. The molecule has 0 spiro atoms. The fourth-order valence-corrected chi connectivity index (χ4v) is 2.30. The first-order valence-corrected chi connectivity index (χ1v) is 6.99. The van der Waals surface area contributed by atoms with Crippen LogP contribution in [0.25, 0.3) is 0 Å². The van der Waals surface area contributed by atoms with Gasteiger partial charge in [0.25, 0.3) is 0 Å². The Morgan fingerprint density at radius 1 is 1.10 bits per heavy atom. The SMILES string of the molecule is Cc1ccc(N(C)CC(=O)c2cc(Cl)ccc2Cl)cc1. The van der Waals surface area contributed by atoms with Crippen molar-refractivity contribution in [1.82, 2.24) is 0 Å². The number of likely N-dealkylation sites (N-methyl/N-ethyl adjacent to an activating group) is 1. The number of anilines is 1. The number of halogens is 2. The minimum atomic E-state index is -0.0550. The van der Waals surface area contributed by atoms with E-state index in [1.54, 1.807) is 18.2 Å². The summed E-state index contributed by atoms with van der Waals surface area (Å²) in [5.74, 6) is -0.0550. The van der Waals surface area contributed by atoms with Crippen molar-refractivity contribution in [3.05, 3.63) is 63.6 Å². The van der Waals surface area contributed by atoms with E-state index < -0.39 is 0 Å². The molecule has 0 saturated heterocycles. The Kier molecular flexibility index (Phi) is 4.69. The molecule has 0 fully saturated rings. The summed E-state index contributed by atoms with van der Waals surface area (Å²) in [6.45, 7) is 2.28. The van der Waals surface area contributed by atoms with Crippen LogP contribution in [-0.2, 0) is 0 Å². The molecular weight excluding hydrogens is 293 g/mol. The van der Waals surface area contributed by atoms with Gasteiger partial charge in [-0.2, -0.15) is 0 Å². The van der Waals surface area contributed by atoms with Crippen molar-refractivity contribution in [1.29, 1.82) is 0 Å². The number of rotatable bonds is 4. The van der Waals surface area contributed by atoms with Crippen LogP contribution in [0, 0.1) is 6.92 Å². The van der Waals surface area contributed by atoms with Gasteiger partial charge in [-0.1, -0.05) is 40.9 Å². The van der Waals surface area contributed by atoms with Gasteiger partial charge in [-0.05, 0) is 37.3 Å². The van der Waals surface area contributed by atoms with Gasteiger partial charge in [-0.25, -0.2) is 0 Å².